The minimum atomic E-state index is 0.135. The van der Waals surface area contributed by atoms with Gasteiger partial charge in [-0.25, -0.2) is 4.98 Å². The van der Waals surface area contributed by atoms with Crippen molar-refractivity contribution in [2.75, 3.05) is 11.1 Å². The van der Waals surface area contributed by atoms with Crippen LogP contribution in [-0.2, 0) is 0 Å². The van der Waals surface area contributed by atoms with Gasteiger partial charge in [-0.05, 0) is 40.5 Å². The van der Waals surface area contributed by atoms with Crippen LogP contribution in [0, 0.1) is 0 Å². The number of nitrogens with one attached hydrogen (secondary N) is 1. The molecule has 0 saturated carbocycles. The van der Waals surface area contributed by atoms with E-state index in [1.807, 2.05) is 24.4 Å². The normalized spacial score (nSPS) is 12.1. The molecule has 2 heterocycles. The minimum absolute atomic E-state index is 0.135. The first-order valence-electron chi connectivity index (χ1n) is 5.24. The van der Waals surface area contributed by atoms with Crippen LogP contribution in [0.15, 0.2) is 41.3 Å². The highest BCUT2D eigenvalue weighted by Gasteiger charge is 2.08. The maximum atomic E-state index is 5.64. The fraction of sp³-hybridized carbons (Fsp3) is 0.167. The number of nitrogens with two attached hydrogens (primary N) is 1. The number of hydrogen-bond acceptors (Lipinski definition) is 4. The lowest BCUT2D eigenvalue weighted by molar-refractivity contribution is 0.865. The Morgan fingerprint density at radius 1 is 1.41 bits per heavy atom. The van der Waals surface area contributed by atoms with E-state index < -0.39 is 0 Å². The molecule has 0 amide bonds. The van der Waals surface area contributed by atoms with Crippen molar-refractivity contribution in [1.29, 1.82) is 0 Å². The van der Waals surface area contributed by atoms with E-state index in [2.05, 4.69) is 38.1 Å². The van der Waals surface area contributed by atoms with Crippen LogP contribution in [0.5, 0.6) is 0 Å². The summed E-state index contributed by atoms with van der Waals surface area (Å²) in [6.45, 7) is 2.06. The Labute approximate surface area is 108 Å². The predicted octanol–water partition coefficient (Wildman–Crippen LogP) is 2.99. The van der Waals surface area contributed by atoms with Crippen molar-refractivity contribution in [1.82, 2.24) is 9.97 Å². The van der Waals surface area contributed by atoms with Crippen molar-refractivity contribution < 1.29 is 0 Å². The van der Waals surface area contributed by atoms with Crippen LogP contribution < -0.4 is 11.1 Å². The topological polar surface area (TPSA) is 63.8 Å². The molecule has 5 heteroatoms. The second kappa shape index (κ2) is 5.14. The van der Waals surface area contributed by atoms with Gasteiger partial charge >= 0.3 is 0 Å². The van der Waals surface area contributed by atoms with Crippen LogP contribution in [-0.4, -0.2) is 9.97 Å². The van der Waals surface area contributed by atoms with Gasteiger partial charge in [0.1, 0.15) is 5.82 Å². The third-order valence-electron chi connectivity index (χ3n) is 2.40. The quantitative estimate of drug-likeness (QED) is 0.913. The lowest BCUT2D eigenvalue weighted by Gasteiger charge is -2.15. The zero-order chi connectivity index (χ0) is 12.3. The number of hydrogen-bond donors (Lipinski definition) is 2. The monoisotopic (exact) mass is 292 g/mol. The zero-order valence-corrected chi connectivity index (χ0v) is 11.0. The van der Waals surface area contributed by atoms with E-state index in [-0.39, 0.29) is 6.04 Å². The number of nitrogens with zero attached hydrogens (tertiary/aromatic N) is 2. The van der Waals surface area contributed by atoms with Gasteiger partial charge < -0.3 is 11.1 Å². The molecule has 88 valence electrons. The molecule has 0 saturated heterocycles. The van der Waals surface area contributed by atoms with Gasteiger partial charge in [0.05, 0.1) is 22.4 Å². The molecule has 1 unspecified atom stereocenters. The summed E-state index contributed by atoms with van der Waals surface area (Å²) >= 11 is 3.43. The van der Waals surface area contributed by atoms with Crippen molar-refractivity contribution >= 4 is 27.4 Å². The molecule has 3 N–H and O–H groups in total. The Morgan fingerprint density at radius 2 is 2.24 bits per heavy atom. The van der Waals surface area contributed by atoms with E-state index in [1.165, 1.54) is 0 Å². The summed E-state index contributed by atoms with van der Waals surface area (Å²) in [5.41, 5.74) is 7.38. The van der Waals surface area contributed by atoms with Crippen molar-refractivity contribution in [2.45, 2.75) is 13.0 Å². The Morgan fingerprint density at radius 3 is 2.88 bits per heavy atom. The first-order chi connectivity index (χ1) is 8.16. The maximum absolute atomic E-state index is 5.64. The number of anilines is 2. The Hall–Kier alpha value is -1.62. The molecule has 0 bridgehead atoms. The standard InChI is InChI=1S/C12H13BrN4/c1-8(9-3-2-4-15-6-9)17-12-11(13)5-10(14)7-16-12/h2-8H,14H2,1H3,(H,16,17). The van der Waals surface area contributed by atoms with Gasteiger partial charge in [-0.1, -0.05) is 6.07 Å². The van der Waals surface area contributed by atoms with Gasteiger partial charge in [0.25, 0.3) is 0 Å². The van der Waals surface area contributed by atoms with E-state index in [1.54, 1.807) is 12.4 Å². The molecule has 0 aliphatic carbocycles. The zero-order valence-electron chi connectivity index (χ0n) is 9.39. The Bertz CT molecular complexity index is 501. The molecule has 17 heavy (non-hydrogen) atoms. The number of rotatable bonds is 3. The molecular formula is C12H13BrN4. The summed E-state index contributed by atoms with van der Waals surface area (Å²) in [5.74, 6) is 0.774. The van der Waals surface area contributed by atoms with E-state index in [4.69, 9.17) is 5.73 Å². The molecule has 0 spiro atoms. The van der Waals surface area contributed by atoms with E-state index in [0.29, 0.717) is 5.69 Å². The third kappa shape index (κ3) is 2.94. The Kier molecular flexibility index (Phi) is 3.58. The van der Waals surface area contributed by atoms with Crippen LogP contribution in [0.4, 0.5) is 11.5 Å². The number of nitrogen functional groups attached to an aromatic ring is 1. The van der Waals surface area contributed by atoms with Gasteiger partial charge in [-0.2, -0.15) is 0 Å². The highest BCUT2D eigenvalue weighted by Crippen LogP contribution is 2.25. The fourth-order valence-corrected chi connectivity index (χ4v) is 1.96. The molecule has 0 aliphatic rings. The lowest BCUT2D eigenvalue weighted by atomic mass is 10.1. The van der Waals surface area contributed by atoms with Crippen molar-refractivity contribution in [3.63, 3.8) is 0 Å². The van der Waals surface area contributed by atoms with Crippen LogP contribution in [0.25, 0.3) is 0 Å². The second-order valence-corrected chi connectivity index (χ2v) is 4.61. The molecule has 2 aromatic rings. The van der Waals surface area contributed by atoms with E-state index in [0.717, 1.165) is 15.9 Å². The second-order valence-electron chi connectivity index (χ2n) is 3.75. The summed E-state index contributed by atoms with van der Waals surface area (Å²) in [4.78, 5) is 8.33. The molecule has 0 fully saturated rings. The fourth-order valence-electron chi connectivity index (χ4n) is 1.48. The minimum Gasteiger partial charge on any atom is -0.397 e. The van der Waals surface area contributed by atoms with Crippen LogP contribution in [0.3, 0.4) is 0 Å². The molecule has 4 nitrogen and oxygen atoms in total. The smallest absolute Gasteiger partial charge is 0.140 e. The van der Waals surface area contributed by atoms with Gasteiger partial charge in [0.2, 0.25) is 0 Å². The van der Waals surface area contributed by atoms with E-state index >= 15 is 0 Å². The molecule has 2 rings (SSSR count). The summed E-state index contributed by atoms with van der Waals surface area (Å²) in [6.07, 6.45) is 5.22. The highest BCUT2D eigenvalue weighted by atomic mass is 79.9. The maximum Gasteiger partial charge on any atom is 0.140 e. The first-order valence-corrected chi connectivity index (χ1v) is 6.03. The van der Waals surface area contributed by atoms with Crippen LogP contribution in [0.1, 0.15) is 18.5 Å². The summed E-state index contributed by atoms with van der Waals surface area (Å²) < 4.78 is 0.855. The molecule has 1 atom stereocenters. The summed E-state index contributed by atoms with van der Waals surface area (Å²) in [6, 6.07) is 5.90. The molecule has 0 aromatic carbocycles. The third-order valence-corrected chi connectivity index (χ3v) is 3.00. The molecular weight excluding hydrogens is 280 g/mol. The van der Waals surface area contributed by atoms with Gasteiger partial charge in [0.15, 0.2) is 0 Å². The van der Waals surface area contributed by atoms with Gasteiger partial charge in [0, 0.05) is 12.4 Å². The predicted molar refractivity (Wildman–Crippen MR) is 72.6 cm³/mol. The Balaban J connectivity index is 2.16. The number of halogens is 1. The van der Waals surface area contributed by atoms with Crippen LogP contribution >= 0.6 is 15.9 Å². The number of pyridine rings is 2. The number of aromatic nitrogens is 2. The van der Waals surface area contributed by atoms with Crippen molar-refractivity contribution in [3.8, 4) is 0 Å². The largest absolute Gasteiger partial charge is 0.397 e. The average molecular weight is 293 g/mol. The van der Waals surface area contributed by atoms with Crippen LogP contribution in [0.2, 0.25) is 0 Å². The summed E-state index contributed by atoms with van der Waals surface area (Å²) in [5, 5.41) is 3.30. The first kappa shape index (κ1) is 11.9. The molecule has 0 radical (unpaired) electrons. The average Bonchev–Trinajstić information content (AvgIpc) is 2.34. The molecule has 2 aromatic heterocycles. The van der Waals surface area contributed by atoms with Crippen molar-refractivity contribution in [2.24, 2.45) is 0 Å². The van der Waals surface area contributed by atoms with Crippen molar-refractivity contribution in [3.05, 3.63) is 46.8 Å². The van der Waals surface area contributed by atoms with E-state index in [9.17, 15) is 0 Å². The highest BCUT2D eigenvalue weighted by molar-refractivity contribution is 9.10. The SMILES string of the molecule is CC(Nc1ncc(N)cc1Br)c1cccnc1. The lowest BCUT2D eigenvalue weighted by Crippen LogP contribution is -2.08. The van der Waals surface area contributed by atoms with Gasteiger partial charge in [-0.3, -0.25) is 4.98 Å². The molecule has 0 aliphatic heterocycles. The van der Waals surface area contributed by atoms with Gasteiger partial charge in [-0.15, -0.1) is 0 Å². The summed E-state index contributed by atoms with van der Waals surface area (Å²) in [7, 11) is 0.